The molecule has 0 atom stereocenters. The maximum absolute atomic E-state index is 13.5. The summed E-state index contributed by atoms with van der Waals surface area (Å²) in [6, 6.07) is 46.5. The van der Waals surface area contributed by atoms with Gasteiger partial charge in [0.15, 0.2) is 13.5 Å². The third kappa shape index (κ3) is 12.9. The van der Waals surface area contributed by atoms with Crippen LogP contribution in [0.3, 0.4) is 0 Å². The maximum atomic E-state index is 13.5. The molecular formula is C59H70N4O7S2. The van der Waals surface area contributed by atoms with Crippen LogP contribution in [0.5, 0.6) is 17.2 Å². The van der Waals surface area contributed by atoms with Gasteiger partial charge in [0.2, 0.25) is 19.7 Å². The first-order valence-electron chi connectivity index (χ1n) is 23.5. The van der Waals surface area contributed by atoms with E-state index in [0.717, 1.165) is 34.0 Å². The second-order valence-electron chi connectivity index (χ2n) is 21.0. The number of sulfone groups is 2. The lowest BCUT2D eigenvalue weighted by atomic mass is 9.86. The number of phenolic OH excluding ortho intramolecular Hbond substituents is 1. The molecule has 11 nitrogen and oxygen atoms in total. The van der Waals surface area contributed by atoms with E-state index in [2.05, 4.69) is 102 Å². The van der Waals surface area contributed by atoms with Crippen LogP contribution in [0, 0.1) is 0 Å². The number of nitrogens with two attached hydrogens (primary N) is 2. The molecular weight excluding hydrogens is 941 g/mol. The first-order valence-corrected chi connectivity index (χ1v) is 26.5. The highest BCUT2D eigenvalue weighted by molar-refractivity contribution is 7.91. The van der Waals surface area contributed by atoms with Crippen LogP contribution in [-0.2, 0) is 49.0 Å². The number of anilines is 4. The van der Waals surface area contributed by atoms with E-state index in [-0.39, 0.29) is 43.3 Å². The molecule has 0 saturated carbocycles. The molecule has 0 radical (unpaired) electrons. The SMILES string of the molecule is C.CC(C)(C)c1ccc(O)cc1.CC(C)(C)c1ccc2c(c1)CN(c1ccc(S(=O)(=O)c3ccc(N4COc5cc(C(C)(C)C)ccc5C4)cc3)cc1)CO2.Nc1ccc(S(=O)(=O)c2ccc(N)cc2)cc1. The summed E-state index contributed by atoms with van der Waals surface area (Å²) in [6.45, 7) is 21.9. The van der Waals surface area contributed by atoms with Gasteiger partial charge in [-0.15, -0.1) is 0 Å². The minimum atomic E-state index is -3.67. The van der Waals surface area contributed by atoms with Crippen molar-refractivity contribution in [2.45, 2.75) is 119 Å². The third-order valence-electron chi connectivity index (χ3n) is 12.5. The highest BCUT2D eigenvalue weighted by Crippen LogP contribution is 2.36. The molecule has 0 amide bonds. The second kappa shape index (κ2) is 21.4. The number of hydrogen-bond acceptors (Lipinski definition) is 11. The molecule has 0 aromatic heterocycles. The summed E-state index contributed by atoms with van der Waals surface area (Å²) in [5.74, 6) is 2.15. The Labute approximate surface area is 427 Å². The molecule has 0 bridgehead atoms. The van der Waals surface area contributed by atoms with Gasteiger partial charge in [0, 0.05) is 47.0 Å². The van der Waals surface area contributed by atoms with Gasteiger partial charge >= 0.3 is 0 Å². The first kappa shape index (κ1) is 54.4. The summed E-state index contributed by atoms with van der Waals surface area (Å²) in [5.41, 5.74) is 20.2. The summed E-state index contributed by atoms with van der Waals surface area (Å²) in [5, 5.41) is 9.02. The molecule has 2 aliphatic heterocycles. The van der Waals surface area contributed by atoms with Crippen molar-refractivity contribution in [2.75, 3.05) is 34.7 Å². The number of aromatic hydroxyl groups is 1. The van der Waals surface area contributed by atoms with Crippen molar-refractivity contribution in [1.29, 1.82) is 0 Å². The Bertz CT molecular complexity index is 3120. The van der Waals surface area contributed by atoms with Crippen LogP contribution in [0.15, 0.2) is 177 Å². The van der Waals surface area contributed by atoms with E-state index in [1.54, 1.807) is 60.7 Å². The molecule has 13 heteroatoms. The quantitative estimate of drug-likeness (QED) is 0.136. The lowest BCUT2D eigenvalue weighted by Gasteiger charge is -2.32. The van der Waals surface area contributed by atoms with Crippen LogP contribution in [0.25, 0.3) is 0 Å². The van der Waals surface area contributed by atoms with Gasteiger partial charge in [-0.05, 0) is 160 Å². The fraction of sp³-hybridized carbons (Fsp3) is 0.288. The zero-order valence-electron chi connectivity index (χ0n) is 42.1. The van der Waals surface area contributed by atoms with Crippen molar-refractivity contribution in [3.63, 3.8) is 0 Å². The molecule has 9 rings (SSSR count). The van der Waals surface area contributed by atoms with Gasteiger partial charge < -0.3 is 35.8 Å². The number of nitrogens with zero attached hydrogens (tertiary/aromatic N) is 2. The van der Waals surface area contributed by atoms with Gasteiger partial charge in [0.25, 0.3) is 0 Å². The number of ether oxygens (including phenoxy) is 2. The molecule has 2 heterocycles. The Kier molecular flexibility index (Phi) is 16.2. The van der Waals surface area contributed by atoms with Crippen LogP contribution in [0.4, 0.5) is 22.7 Å². The molecule has 0 fully saturated rings. The number of rotatable bonds is 6. The Hall–Kier alpha value is -6.96. The van der Waals surface area contributed by atoms with E-state index >= 15 is 0 Å². The highest BCUT2D eigenvalue weighted by atomic mass is 32.2. The van der Waals surface area contributed by atoms with Crippen molar-refractivity contribution >= 4 is 42.4 Å². The third-order valence-corrected chi connectivity index (χ3v) is 16.0. The Morgan fingerprint density at radius 3 is 1.19 bits per heavy atom. The average molecular weight is 1010 g/mol. The number of phenols is 1. The zero-order valence-corrected chi connectivity index (χ0v) is 43.7. The Morgan fingerprint density at radius 2 is 0.778 bits per heavy atom. The summed E-state index contributed by atoms with van der Waals surface area (Å²) < 4.78 is 63.5. The van der Waals surface area contributed by atoms with E-state index in [9.17, 15) is 16.8 Å². The standard InChI is InChI=1S/C36H40N2O4S.C12H12N2O2S.C10H14O.CH4/c1-35(2,3)27-9-18-33-26(19-27)22-38(23-41-33)30-12-16-32(17-13-30)43(39,40)31-14-10-29(11-15-31)37-21-25-7-8-28(36(4,5)6)20-34(25)42-24-37;13-9-1-5-11(6-2-9)17(15,16)12-7-3-10(14)4-8-12;1-10(2,3)8-4-6-9(11)7-5-8;/h7-20H,21-24H2,1-6H3;1-8H,13-14H2;4-7,11H,1-3H3;1H4. The van der Waals surface area contributed by atoms with E-state index in [4.69, 9.17) is 26.0 Å². The molecule has 0 saturated heterocycles. The lowest BCUT2D eigenvalue weighted by molar-refractivity contribution is 0.288. The van der Waals surface area contributed by atoms with E-state index < -0.39 is 19.7 Å². The molecule has 7 aromatic rings. The molecule has 0 aliphatic carbocycles. The molecule has 5 N–H and O–H groups in total. The predicted molar refractivity (Wildman–Crippen MR) is 293 cm³/mol. The summed E-state index contributed by atoms with van der Waals surface area (Å²) in [4.78, 5) is 5.19. The van der Waals surface area contributed by atoms with Gasteiger partial charge in [-0.2, -0.15) is 0 Å². The number of nitrogen functional groups attached to an aromatic ring is 2. The second-order valence-corrected chi connectivity index (χ2v) is 24.9. The van der Waals surface area contributed by atoms with Crippen molar-refractivity contribution in [3.8, 4) is 17.2 Å². The van der Waals surface area contributed by atoms with E-state index in [1.807, 2.05) is 42.5 Å². The zero-order chi connectivity index (χ0) is 51.5. The van der Waals surface area contributed by atoms with Crippen molar-refractivity contribution in [1.82, 2.24) is 0 Å². The maximum Gasteiger partial charge on any atom is 0.206 e. The van der Waals surface area contributed by atoms with Crippen molar-refractivity contribution in [2.24, 2.45) is 0 Å². The van der Waals surface area contributed by atoms with Gasteiger partial charge in [0.05, 0.1) is 19.6 Å². The highest BCUT2D eigenvalue weighted by Gasteiger charge is 2.25. The number of fused-ring (bicyclic) bond motifs is 2. The van der Waals surface area contributed by atoms with Crippen LogP contribution < -0.4 is 30.7 Å². The Balaban J connectivity index is 0.000000238. The van der Waals surface area contributed by atoms with Crippen molar-refractivity contribution in [3.05, 3.63) is 186 Å². The molecule has 7 aromatic carbocycles. The van der Waals surface area contributed by atoms with Gasteiger partial charge in [-0.1, -0.05) is 100 Å². The van der Waals surface area contributed by atoms with Gasteiger partial charge in [-0.25, -0.2) is 16.8 Å². The number of benzene rings is 7. The molecule has 2 aliphatic rings. The van der Waals surface area contributed by atoms with Gasteiger partial charge in [-0.3, -0.25) is 0 Å². The topological polar surface area (TPSA) is 165 Å². The largest absolute Gasteiger partial charge is 0.508 e. The van der Waals surface area contributed by atoms with Crippen LogP contribution in [0.2, 0.25) is 0 Å². The normalized spacial score (nSPS) is 13.6. The van der Waals surface area contributed by atoms with Crippen LogP contribution in [0.1, 0.15) is 97.6 Å². The monoisotopic (exact) mass is 1010 g/mol. The van der Waals surface area contributed by atoms with E-state index in [1.165, 1.54) is 41.0 Å². The summed E-state index contributed by atoms with van der Waals surface area (Å²) in [6.07, 6.45) is 0. The predicted octanol–water partition coefficient (Wildman–Crippen LogP) is 12.8. The van der Waals surface area contributed by atoms with Crippen molar-refractivity contribution < 1.29 is 31.4 Å². The first-order chi connectivity index (χ1) is 33.3. The van der Waals surface area contributed by atoms with Gasteiger partial charge in [0.1, 0.15) is 17.2 Å². The van der Waals surface area contributed by atoms with Crippen LogP contribution >= 0.6 is 0 Å². The lowest BCUT2D eigenvalue weighted by Crippen LogP contribution is -2.32. The van der Waals surface area contributed by atoms with E-state index in [0.29, 0.717) is 43.7 Å². The molecule has 380 valence electrons. The summed E-state index contributed by atoms with van der Waals surface area (Å²) >= 11 is 0. The average Bonchev–Trinajstić information content (AvgIpc) is 3.33. The van der Waals surface area contributed by atoms with Crippen LogP contribution in [-0.4, -0.2) is 35.4 Å². The fourth-order valence-corrected chi connectivity index (χ4v) is 10.4. The smallest absolute Gasteiger partial charge is 0.206 e. The molecule has 72 heavy (non-hydrogen) atoms. The minimum absolute atomic E-state index is 0. The summed E-state index contributed by atoms with van der Waals surface area (Å²) in [7, 11) is -7.16. The number of hydrogen-bond donors (Lipinski definition) is 3. The molecule has 0 unspecified atom stereocenters. The Morgan fingerprint density at radius 1 is 0.431 bits per heavy atom. The molecule has 0 spiro atoms. The fourth-order valence-electron chi connectivity index (χ4n) is 7.93. The minimum Gasteiger partial charge on any atom is -0.508 e.